The van der Waals surface area contributed by atoms with Crippen LogP contribution in [-0.4, -0.2) is 17.4 Å². The predicted molar refractivity (Wildman–Crippen MR) is 98.5 cm³/mol. The van der Waals surface area contributed by atoms with E-state index in [4.69, 9.17) is 4.74 Å². The summed E-state index contributed by atoms with van der Waals surface area (Å²) < 4.78 is 5.92. The van der Waals surface area contributed by atoms with E-state index in [0.29, 0.717) is 13.2 Å². The summed E-state index contributed by atoms with van der Waals surface area (Å²) in [4.78, 5) is 15.0. The van der Waals surface area contributed by atoms with Crippen molar-refractivity contribution in [2.75, 3.05) is 6.54 Å². The fourth-order valence-corrected chi connectivity index (χ4v) is 3.01. The molecule has 4 nitrogen and oxygen atoms in total. The molecule has 0 aliphatic heterocycles. The minimum Gasteiger partial charge on any atom is -0.489 e. The maximum Gasteiger partial charge on any atom is 0.223 e. The Morgan fingerprint density at radius 3 is 2.80 bits per heavy atom. The molecule has 1 aromatic heterocycles. The molecule has 1 heterocycles. The summed E-state index contributed by atoms with van der Waals surface area (Å²) in [6.07, 6.45) is 4.93. The van der Waals surface area contributed by atoms with E-state index in [1.165, 1.54) is 5.56 Å². The van der Waals surface area contributed by atoms with Crippen LogP contribution in [0.15, 0.2) is 54.7 Å². The molecule has 0 atom stereocenters. The second-order valence-corrected chi connectivity index (χ2v) is 6.61. The van der Waals surface area contributed by atoms with Gasteiger partial charge in [-0.2, -0.15) is 0 Å². The van der Waals surface area contributed by atoms with Gasteiger partial charge in [0.15, 0.2) is 0 Å². The second-order valence-electron chi connectivity index (χ2n) is 6.61. The summed E-state index contributed by atoms with van der Waals surface area (Å²) in [5.74, 6) is 1.33. The second kappa shape index (κ2) is 7.01. The van der Waals surface area contributed by atoms with Gasteiger partial charge in [-0.05, 0) is 48.6 Å². The highest BCUT2D eigenvalue weighted by atomic mass is 16.5. The first-order valence-corrected chi connectivity index (χ1v) is 8.84. The number of benzene rings is 2. The van der Waals surface area contributed by atoms with Crippen molar-refractivity contribution >= 4 is 16.8 Å². The van der Waals surface area contributed by atoms with E-state index in [-0.39, 0.29) is 11.8 Å². The van der Waals surface area contributed by atoms with Gasteiger partial charge < -0.3 is 15.0 Å². The first-order chi connectivity index (χ1) is 12.3. The Bertz CT molecular complexity index is 866. The lowest BCUT2D eigenvalue weighted by Gasteiger charge is -2.07. The van der Waals surface area contributed by atoms with Crippen LogP contribution >= 0.6 is 0 Å². The van der Waals surface area contributed by atoms with Crippen molar-refractivity contribution in [2.45, 2.75) is 25.9 Å². The molecular formula is C21H22N2O2. The van der Waals surface area contributed by atoms with Crippen LogP contribution in [0.1, 0.15) is 24.0 Å². The van der Waals surface area contributed by atoms with E-state index in [1.54, 1.807) is 0 Å². The van der Waals surface area contributed by atoms with Gasteiger partial charge in [-0.3, -0.25) is 4.79 Å². The largest absolute Gasteiger partial charge is 0.489 e. The number of aromatic nitrogens is 1. The lowest BCUT2D eigenvalue weighted by molar-refractivity contribution is -0.122. The van der Waals surface area contributed by atoms with Crippen LogP contribution in [0.5, 0.6) is 5.75 Å². The van der Waals surface area contributed by atoms with Crippen molar-refractivity contribution < 1.29 is 9.53 Å². The Morgan fingerprint density at radius 1 is 1.16 bits per heavy atom. The summed E-state index contributed by atoms with van der Waals surface area (Å²) in [5, 5.41) is 4.18. The molecule has 1 fully saturated rings. The first-order valence-electron chi connectivity index (χ1n) is 8.84. The number of fused-ring (bicyclic) bond motifs is 1. The van der Waals surface area contributed by atoms with Crippen LogP contribution in [0.25, 0.3) is 10.9 Å². The summed E-state index contributed by atoms with van der Waals surface area (Å²) in [6.45, 7) is 1.24. The van der Waals surface area contributed by atoms with Crippen LogP contribution in [0.3, 0.4) is 0 Å². The number of amides is 1. The van der Waals surface area contributed by atoms with Crippen molar-refractivity contribution in [1.29, 1.82) is 0 Å². The Labute approximate surface area is 147 Å². The zero-order valence-corrected chi connectivity index (χ0v) is 14.1. The maximum atomic E-state index is 11.7. The van der Waals surface area contributed by atoms with Gasteiger partial charge in [-0.15, -0.1) is 0 Å². The van der Waals surface area contributed by atoms with Crippen molar-refractivity contribution in [3.63, 3.8) is 0 Å². The highest BCUT2D eigenvalue weighted by Crippen LogP contribution is 2.29. The minimum atomic E-state index is 0.201. The van der Waals surface area contributed by atoms with Gasteiger partial charge >= 0.3 is 0 Å². The average Bonchev–Trinajstić information content (AvgIpc) is 3.43. The Kier molecular flexibility index (Phi) is 4.42. The summed E-state index contributed by atoms with van der Waals surface area (Å²) in [5.41, 5.74) is 3.45. The van der Waals surface area contributed by atoms with E-state index >= 15 is 0 Å². The normalized spacial score (nSPS) is 13.8. The molecule has 1 aliphatic carbocycles. The van der Waals surface area contributed by atoms with Crippen LogP contribution in [0, 0.1) is 5.92 Å². The third-order valence-corrected chi connectivity index (χ3v) is 4.63. The molecule has 0 radical (unpaired) electrons. The monoisotopic (exact) mass is 334 g/mol. The van der Waals surface area contributed by atoms with Crippen molar-refractivity contribution in [1.82, 2.24) is 10.3 Å². The molecule has 0 bridgehead atoms. The molecule has 1 amide bonds. The molecule has 0 spiro atoms. The molecule has 25 heavy (non-hydrogen) atoms. The number of H-pyrrole nitrogens is 1. The van der Waals surface area contributed by atoms with Gasteiger partial charge in [-0.25, -0.2) is 0 Å². The van der Waals surface area contributed by atoms with Gasteiger partial charge in [-0.1, -0.05) is 30.3 Å². The highest BCUT2D eigenvalue weighted by molar-refractivity contribution is 5.85. The van der Waals surface area contributed by atoms with E-state index < -0.39 is 0 Å². The third-order valence-electron chi connectivity index (χ3n) is 4.63. The topological polar surface area (TPSA) is 54.1 Å². The van der Waals surface area contributed by atoms with Crippen LogP contribution < -0.4 is 10.1 Å². The SMILES string of the molecule is O=C(NCCc1c[nH]c2ccc(OCc3ccccc3)cc12)C1CC1. The van der Waals surface area contributed by atoms with Crippen molar-refractivity contribution in [3.8, 4) is 5.75 Å². The summed E-state index contributed by atoms with van der Waals surface area (Å²) in [7, 11) is 0. The molecule has 1 saturated carbocycles. The van der Waals surface area contributed by atoms with Gasteiger partial charge in [0.2, 0.25) is 5.91 Å². The van der Waals surface area contributed by atoms with Gasteiger partial charge in [0.1, 0.15) is 12.4 Å². The van der Waals surface area contributed by atoms with Crippen LogP contribution in [0.4, 0.5) is 0 Å². The predicted octanol–water partition coefficient (Wildman–Crippen LogP) is 3.82. The molecule has 3 aromatic rings. The zero-order chi connectivity index (χ0) is 17.1. The number of nitrogens with one attached hydrogen (secondary N) is 2. The quantitative estimate of drug-likeness (QED) is 0.690. The molecule has 2 aromatic carbocycles. The van der Waals surface area contributed by atoms with E-state index in [2.05, 4.69) is 28.5 Å². The number of rotatable bonds is 7. The molecule has 2 N–H and O–H groups in total. The number of aromatic amines is 1. The fraction of sp³-hybridized carbons (Fsp3) is 0.286. The molecule has 0 unspecified atom stereocenters. The number of hydrogen-bond acceptors (Lipinski definition) is 2. The van der Waals surface area contributed by atoms with Crippen molar-refractivity contribution in [2.24, 2.45) is 5.92 Å². The Morgan fingerprint density at radius 2 is 2.00 bits per heavy atom. The number of carbonyl (C=O) groups excluding carboxylic acids is 1. The van der Waals surface area contributed by atoms with E-state index in [1.807, 2.05) is 36.5 Å². The highest BCUT2D eigenvalue weighted by Gasteiger charge is 2.29. The summed E-state index contributed by atoms with van der Waals surface area (Å²) >= 11 is 0. The number of hydrogen-bond donors (Lipinski definition) is 2. The van der Waals surface area contributed by atoms with E-state index in [0.717, 1.165) is 41.5 Å². The van der Waals surface area contributed by atoms with Gasteiger partial charge in [0.05, 0.1) is 0 Å². The Balaban J connectivity index is 1.41. The fourth-order valence-electron chi connectivity index (χ4n) is 3.01. The lowest BCUT2D eigenvalue weighted by Crippen LogP contribution is -2.26. The van der Waals surface area contributed by atoms with Gasteiger partial charge in [0.25, 0.3) is 0 Å². The first kappa shape index (κ1) is 15.8. The molecule has 128 valence electrons. The smallest absolute Gasteiger partial charge is 0.223 e. The molecule has 1 aliphatic rings. The number of ether oxygens (including phenoxy) is 1. The number of carbonyl (C=O) groups is 1. The average molecular weight is 334 g/mol. The van der Waals surface area contributed by atoms with E-state index in [9.17, 15) is 4.79 Å². The lowest BCUT2D eigenvalue weighted by atomic mass is 10.1. The standard InChI is InChI=1S/C21H22N2O2/c24-21(16-6-7-16)22-11-10-17-13-23-20-9-8-18(12-19(17)20)25-14-15-4-2-1-3-5-15/h1-5,8-9,12-13,16,23H,6-7,10-11,14H2,(H,22,24). The zero-order valence-electron chi connectivity index (χ0n) is 14.1. The molecular weight excluding hydrogens is 312 g/mol. The molecule has 4 rings (SSSR count). The third kappa shape index (κ3) is 3.85. The van der Waals surface area contributed by atoms with Crippen LogP contribution in [-0.2, 0) is 17.8 Å². The van der Waals surface area contributed by atoms with Crippen molar-refractivity contribution in [3.05, 3.63) is 65.9 Å². The molecule has 0 saturated heterocycles. The van der Waals surface area contributed by atoms with Gasteiger partial charge in [0, 0.05) is 29.6 Å². The molecule has 4 heteroatoms. The maximum absolute atomic E-state index is 11.7. The Hall–Kier alpha value is -2.75. The van der Waals surface area contributed by atoms with Crippen LogP contribution in [0.2, 0.25) is 0 Å². The summed E-state index contributed by atoms with van der Waals surface area (Å²) in [6, 6.07) is 16.3. The minimum absolute atomic E-state index is 0.201.